The Labute approximate surface area is 139 Å². The zero-order valence-corrected chi connectivity index (χ0v) is 14.0. The van der Waals surface area contributed by atoms with Crippen molar-refractivity contribution in [2.45, 2.75) is 33.4 Å². The third-order valence-electron chi connectivity index (χ3n) is 3.34. The molecular weight excluding hydrogens is 324 g/mol. The molecule has 0 aliphatic carbocycles. The molecule has 6 nitrogen and oxygen atoms in total. The number of rotatable bonds is 8. The fourth-order valence-electron chi connectivity index (χ4n) is 1.66. The smallest absolute Gasteiger partial charge is 0.387 e. The van der Waals surface area contributed by atoms with Gasteiger partial charge in [-0.3, -0.25) is 4.79 Å². The minimum absolute atomic E-state index is 0.0392. The van der Waals surface area contributed by atoms with E-state index in [0.717, 1.165) is 0 Å². The Morgan fingerprint density at radius 3 is 2.38 bits per heavy atom. The fourth-order valence-corrected chi connectivity index (χ4v) is 1.66. The highest BCUT2D eigenvalue weighted by molar-refractivity contribution is 5.92. The number of ether oxygens (including phenoxy) is 3. The van der Waals surface area contributed by atoms with Gasteiger partial charge in [0, 0.05) is 6.04 Å². The molecule has 0 heterocycles. The summed E-state index contributed by atoms with van der Waals surface area (Å²) in [6.45, 7) is 2.30. The van der Waals surface area contributed by atoms with E-state index in [1.165, 1.54) is 25.3 Å². The molecule has 0 saturated heterocycles. The molecule has 1 N–H and O–H groups in total. The molecule has 1 atom stereocenters. The molecule has 0 aliphatic heterocycles. The molecule has 0 aromatic heterocycles. The van der Waals surface area contributed by atoms with E-state index in [2.05, 4.69) is 10.1 Å². The lowest BCUT2D eigenvalue weighted by Gasteiger charge is -2.17. The van der Waals surface area contributed by atoms with Gasteiger partial charge in [0.05, 0.1) is 12.7 Å². The highest BCUT2D eigenvalue weighted by Crippen LogP contribution is 2.29. The highest BCUT2D eigenvalue weighted by Gasteiger charge is 2.17. The van der Waals surface area contributed by atoms with Crippen LogP contribution in [0.4, 0.5) is 8.78 Å². The molecule has 0 saturated carbocycles. The van der Waals surface area contributed by atoms with Gasteiger partial charge in [0.15, 0.2) is 18.1 Å². The summed E-state index contributed by atoms with van der Waals surface area (Å²) in [5.41, 5.74) is 0.0539. The zero-order valence-electron chi connectivity index (χ0n) is 14.0. The topological polar surface area (TPSA) is 73.9 Å². The molecule has 0 aliphatic rings. The average Bonchev–Trinajstić information content (AvgIpc) is 2.52. The fraction of sp³-hybridized carbons (Fsp3) is 0.500. The van der Waals surface area contributed by atoms with Crippen molar-refractivity contribution in [2.24, 2.45) is 5.92 Å². The van der Waals surface area contributed by atoms with Crippen LogP contribution in [0.5, 0.6) is 11.5 Å². The monoisotopic (exact) mass is 345 g/mol. The van der Waals surface area contributed by atoms with E-state index < -0.39 is 25.1 Å². The van der Waals surface area contributed by atoms with E-state index >= 15 is 0 Å². The molecular formula is C16H21F2NO5. The molecule has 0 radical (unpaired) electrons. The summed E-state index contributed by atoms with van der Waals surface area (Å²) in [7, 11) is 1.25. The van der Waals surface area contributed by atoms with Gasteiger partial charge in [-0.05, 0) is 31.0 Å². The summed E-state index contributed by atoms with van der Waals surface area (Å²) in [5, 5.41) is 2.70. The minimum atomic E-state index is -3.01. The number of amides is 1. The summed E-state index contributed by atoms with van der Waals surface area (Å²) in [6, 6.07) is 3.57. The summed E-state index contributed by atoms with van der Waals surface area (Å²) in [4.78, 5) is 23.6. The Morgan fingerprint density at radius 2 is 1.83 bits per heavy atom. The van der Waals surface area contributed by atoms with Crippen LogP contribution < -0.4 is 14.8 Å². The van der Waals surface area contributed by atoms with E-state index in [9.17, 15) is 18.4 Å². The summed E-state index contributed by atoms with van der Waals surface area (Å²) < 4.78 is 38.6. The number of methoxy groups -OCH3 is 1. The maximum atomic E-state index is 12.3. The number of esters is 1. The first-order valence-corrected chi connectivity index (χ1v) is 7.34. The standard InChI is InChI=1S/C16H21F2NO5/c1-9(2)10(3)19-14(20)8-23-15(21)11-5-6-12(24-16(17)18)13(7-11)22-4/h5-7,9-10,16H,8H2,1-4H3,(H,19,20)/t10-/m1/s1. The van der Waals surface area contributed by atoms with Gasteiger partial charge in [0.25, 0.3) is 5.91 Å². The molecule has 0 unspecified atom stereocenters. The van der Waals surface area contributed by atoms with Gasteiger partial charge in [-0.2, -0.15) is 8.78 Å². The third-order valence-corrected chi connectivity index (χ3v) is 3.34. The number of hydrogen-bond acceptors (Lipinski definition) is 5. The van der Waals surface area contributed by atoms with Crippen LogP contribution in [0, 0.1) is 5.92 Å². The SMILES string of the molecule is COc1cc(C(=O)OCC(=O)N[C@H](C)C(C)C)ccc1OC(F)F. The quantitative estimate of drug-likeness (QED) is 0.733. The van der Waals surface area contributed by atoms with Crippen LogP contribution in [-0.2, 0) is 9.53 Å². The van der Waals surface area contributed by atoms with Crippen molar-refractivity contribution < 1.29 is 32.6 Å². The number of carbonyl (C=O) groups is 2. The van der Waals surface area contributed by atoms with Crippen LogP contribution in [0.25, 0.3) is 0 Å². The van der Waals surface area contributed by atoms with Gasteiger partial charge in [-0.15, -0.1) is 0 Å². The summed E-state index contributed by atoms with van der Waals surface area (Å²) >= 11 is 0. The van der Waals surface area contributed by atoms with Gasteiger partial charge in [-0.1, -0.05) is 13.8 Å². The Morgan fingerprint density at radius 1 is 1.17 bits per heavy atom. The number of nitrogens with one attached hydrogen (secondary N) is 1. The first kappa shape index (κ1) is 19.7. The van der Waals surface area contributed by atoms with Gasteiger partial charge < -0.3 is 19.5 Å². The number of alkyl halides is 2. The second-order valence-electron chi connectivity index (χ2n) is 5.42. The maximum absolute atomic E-state index is 12.3. The van der Waals surface area contributed by atoms with Crippen LogP contribution in [-0.4, -0.2) is 38.2 Å². The zero-order chi connectivity index (χ0) is 18.3. The second-order valence-corrected chi connectivity index (χ2v) is 5.42. The molecule has 8 heteroatoms. The summed E-state index contributed by atoms with van der Waals surface area (Å²) in [6.07, 6.45) is 0. The Hall–Kier alpha value is -2.38. The predicted molar refractivity (Wildman–Crippen MR) is 82.4 cm³/mol. The third kappa shape index (κ3) is 6.02. The van der Waals surface area contributed by atoms with Gasteiger partial charge in [0.1, 0.15) is 0 Å². The molecule has 0 fully saturated rings. The van der Waals surface area contributed by atoms with Crippen LogP contribution in [0.2, 0.25) is 0 Å². The highest BCUT2D eigenvalue weighted by atomic mass is 19.3. The van der Waals surface area contributed by atoms with Crippen molar-refractivity contribution in [3.63, 3.8) is 0 Å². The van der Waals surface area contributed by atoms with Crippen LogP contribution in [0.3, 0.4) is 0 Å². The lowest BCUT2D eigenvalue weighted by Crippen LogP contribution is -2.38. The van der Waals surface area contributed by atoms with Gasteiger partial charge >= 0.3 is 12.6 Å². The molecule has 0 spiro atoms. The Balaban J connectivity index is 2.66. The number of carbonyl (C=O) groups excluding carboxylic acids is 2. The summed E-state index contributed by atoms with van der Waals surface area (Å²) in [5.74, 6) is -1.19. The molecule has 1 amide bonds. The molecule has 24 heavy (non-hydrogen) atoms. The predicted octanol–water partition coefficient (Wildman–Crippen LogP) is 2.61. The first-order valence-electron chi connectivity index (χ1n) is 7.34. The van der Waals surface area contributed by atoms with E-state index in [1.807, 2.05) is 20.8 Å². The maximum Gasteiger partial charge on any atom is 0.387 e. The van der Waals surface area contributed by atoms with Crippen molar-refractivity contribution in [2.75, 3.05) is 13.7 Å². The van der Waals surface area contributed by atoms with Crippen molar-refractivity contribution in [3.05, 3.63) is 23.8 Å². The largest absolute Gasteiger partial charge is 0.493 e. The molecule has 0 bridgehead atoms. The van der Waals surface area contributed by atoms with Crippen LogP contribution in [0.15, 0.2) is 18.2 Å². The number of benzene rings is 1. The van der Waals surface area contributed by atoms with Crippen molar-refractivity contribution in [1.82, 2.24) is 5.32 Å². The minimum Gasteiger partial charge on any atom is -0.493 e. The number of halogens is 2. The number of hydrogen-bond donors (Lipinski definition) is 1. The van der Waals surface area contributed by atoms with E-state index in [4.69, 9.17) is 9.47 Å². The molecule has 134 valence electrons. The van der Waals surface area contributed by atoms with Crippen molar-refractivity contribution >= 4 is 11.9 Å². The lowest BCUT2D eigenvalue weighted by atomic mass is 10.1. The average molecular weight is 345 g/mol. The Bertz CT molecular complexity index is 578. The molecule has 1 rings (SSSR count). The second kappa shape index (κ2) is 9.05. The molecule has 1 aromatic carbocycles. The lowest BCUT2D eigenvalue weighted by molar-refractivity contribution is -0.125. The van der Waals surface area contributed by atoms with E-state index in [0.29, 0.717) is 0 Å². The van der Waals surface area contributed by atoms with Crippen molar-refractivity contribution in [3.8, 4) is 11.5 Å². The van der Waals surface area contributed by atoms with E-state index in [1.54, 1.807) is 0 Å². The van der Waals surface area contributed by atoms with Crippen LogP contribution in [0.1, 0.15) is 31.1 Å². The van der Waals surface area contributed by atoms with Crippen molar-refractivity contribution in [1.29, 1.82) is 0 Å². The van der Waals surface area contributed by atoms with Gasteiger partial charge in [-0.25, -0.2) is 4.79 Å². The first-order chi connectivity index (χ1) is 11.2. The van der Waals surface area contributed by atoms with E-state index in [-0.39, 0.29) is 29.0 Å². The molecule has 1 aromatic rings. The normalized spacial score (nSPS) is 12.0. The van der Waals surface area contributed by atoms with Crippen LogP contribution >= 0.6 is 0 Å². The Kier molecular flexibility index (Phi) is 7.41. The van der Waals surface area contributed by atoms with Gasteiger partial charge in [0.2, 0.25) is 0 Å².